The van der Waals surface area contributed by atoms with Crippen LogP contribution < -0.4 is 14.8 Å². The van der Waals surface area contributed by atoms with Gasteiger partial charge in [0.2, 0.25) is 0 Å². The summed E-state index contributed by atoms with van der Waals surface area (Å²) in [5, 5.41) is 12.4. The number of benzene rings is 2. The zero-order chi connectivity index (χ0) is 19.1. The minimum atomic E-state index is -0.912. The average molecular weight is 357 g/mol. The first-order chi connectivity index (χ1) is 12.4. The first-order valence-corrected chi connectivity index (χ1v) is 8.77. The molecule has 0 spiro atoms. The topological polar surface area (TPSA) is 67.8 Å². The van der Waals surface area contributed by atoms with Crippen LogP contribution in [0.1, 0.15) is 48.3 Å². The predicted octanol–water partition coefficient (Wildman–Crippen LogP) is 4.28. The molecule has 0 aliphatic heterocycles. The van der Waals surface area contributed by atoms with E-state index in [1.165, 1.54) is 0 Å². The second kappa shape index (κ2) is 9.25. The molecule has 0 aliphatic rings. The Morgan fingerprint density at radius 3 is 2.35 bits per heavy atom. The van der Waals surface area contributed by atoms with Crippen LogP contribution in [0.5, 0.6) is 11.5 Å². The van der Waals surface area contributed by atoms with E-state index in [2.05, 4.69) is 26.1 Å². The second-order valence-corrected chi connectivity index (χ2v) is 6.72. The minimum Gasteiger partial charge on any atom is -0.493 e. The lowest BCUT2D eigenvalue weighted by atomic mass is 10.1. The number of methoxy groups -OCH3 is 1. The van der Waals surface area contributed by atoms with E-state index in [4.69, 9.17) is 14.6 Å². The van der Waals surface area contributed by atoms with Crippen LogP contribution in [-0.4, -0.2) is 24.8 Å². The Morgan fingerprint density at radius 1 is 1.08 bits per heavy atom. The fraction of sp³-hybridized carbons (Fsp3) is 0.381. The van der Waals surface area contributed by atoms with Crippen molar-refractivity contribution in [3.63, 3.8) is 0 Å². The molecule has 0 aliphatic carbocycles. The first kappa shape index (κ1) is 19.8. The molecule has 0 heterocycles. The van der Waals surface area contributed by atoms with Crippen molar-refractivity contribution >= 4 is 5.97 Å². The van der Waals surface area contributed by atoms with Crippen LogP contribution in [0, 0.1) is 5.92 Å². The summed E-state index contributed by atoms with van der Waals surface area (Å²) in [7, 11) is 1.64. The molecule has 5 heteroatoms. The molecule has 0 saturated heterocycles. The molecule has 0 fully saturated rings. The maximum atomic E-state index is 10.9. The van der Waals surface area contributed by atoms with Gasteiger partial charge in [0.05, 0.1) is 19.3 Å². The Hall–Kier alpha value is -2.53. The highest BCUT2D eigenvalue weighted by atomic mass is 16.5. The van der Waals surface area contributed by atoms with Crippen molar-refractivity contribution in [1.82, 2.24) is 5.32 Å². The Bertz CT molecular complexity index is 725. The molecule has 0 radical (unpaired) electrons. The van der Waals surface area contributed by atoms with E-state index in [9.17, 15) is 4.79 Å². The highest BCUT2D eigenvalue weighted by Crippen LogP contribution is 2.30. The SMILES string of the molecule is COc1cc(C(C)NCc2ccc(C(=O)O)cc2)ccc1OCC(C)C. The van der Waals surface area contributed by atoms with E-state index in [1.54, 1.807) is 19.2 Å². The Labute approximate surface area is 155 Å². The monoisotopic (exact) mass is 357 g/mol. The van der Waals surface area contributed by atoms with Gasteiger partial charge in [-0.2, -0.15) is 0 Å². The van der Waals surface area contributed by atoms with Crippen molar-refractivity contribution in [2.75, 3.05) is 13.7 Å². The van der Waals surface area contributed by atoms with Crippen LogP contribution >= 0.6 is 0 Å². The molecule has 0 aromatic heterocycles. The summed E-state index contributed by atoms with van der Waals surface area (Å²) < 4.78 is 11.2. The molecule has 2 aromatic carbocycles. The zero-order valence-corrected chi connectivity index (χ0v) is 15.8. The van der Waals surface area contributed by atoms with Crippen molar-refractivity contribution in [2.45, 2.75) is 33.4 Å². The summed E-state index contributed by atoms with van der Waals surface area (Å²) in [4.78, 5) is 10.9. The van der Waals surface area contributed by atoms with E-state index < -0.39 is 5.97 Å². The molecular formula is C21H27NO4. The maximum Gasteiger partial charge on any atom is 0.335 e. The number of ether oxygens (including phenoxy) is 2. The molecule has 5 nitrogen and oxygen atoms in total. The number of rotatable bonds is 9. The van der Waals surface area contributed by atoms with Crippen LogP contribution in [0.2, 0.25) is 0 Å². The maximum absolute atomic E-state index is 10.9. The van der Waals surface area contributed by atoms with Crippen molar-refractivity contribution in [3.05, 3.63) is 59.2 Å². The third-order valence-electron chi connectivity index (χ3n) is 4.07. The normalized spacial score (nSPS) is 12.0. The lowest BCUT2D eigenvalue weighted by Gasteiger charge is -2.18. The third-order valence-corrected chi connectivity index (χ3v) is 4.07. The van der Waals surface area contributed by atoms with E-state index in [0.717, 1.165) is 22.6 Å². The molecule has 0 saturated carbocycles. The fourth-order valence-electron chi connectivity index (χ4n) is 2.48. The summed E-state index contributed by atoms with van der Waals surface area (Å²) in [6.07, 6.45) is 0. The number of carboxylic acids is 1. The Kier molecular flexibility index (Phi) is 7.04. The summed E-state index contributed by atoms with van der Waals surface area (Å²) >= 11 is 0. The van der Waals surface area contributed by atoms with Gasteiger partial charge >= 0.3 is 5.97 Å². The molecule has 2 aromatic rings. The summed E-state index contributed by atoms with van der Waals surface area (Å²) in [6, 6.07) is 13.0. The van der Waals surface area contributed by atoms with E-state index >= 15 is 0 Å². The minimum absolute atomic E-state index is 0.113. The van der Waals surface area contributed by atoms with Crippen molar-refractivity contribution in [1.29, 1.82) is 0 Å². The quantitative estimate of drug-likeness (QED) is 0.701. The van der Waals surface area contributed by atoms with Gasteiger partial charge in [0.15, 0.2) is 11.5 Å². The van der Waals surface area contributed by atoms with Gasteiger partial charge in [-0.05, 0) is 48.2 Å². The number of carbonyl (C=O) groups is 1. The first-order valence-electron chi connectivity index (χ1n) is 8.77. The zero-order valence-electron chi connectivity index (χ0n) is 15.8. The van der Waals surface area contributed by atoms with Gasteiger partial charge in [-0.15, -0.1) is 0 Å². The summed E-state index contributed by atoms with van der Waals surface area (Å²) in [5.41, 5.74) is 2.43. The standard InChI is InChI=1S/C21H27NO4/c1-14(2)13-26-19-10-9-18(11-20(19)25-4)15(3)22-12-16-5-7-17(8-6-16)21(23)24/h5-11,14-15,22H,12-13H2,1-4H3,(H,23,24). The molecule has 140 valence electrons. The second-order valence-electron chi connectivity index (χ2n) is 6.72. The van der Waals surface area contributed by atoms with Gasteiger partial charge in [0.1, 0.15) is 0 Å². The summed E-state index contributed by atoms with van der Waals surface area (Å²) in [6.45, 7) is 7.59. The van der Waals surface area contributed by atoms with Crippen LogP contribution in [0.4, 0.5) is 0 Å². The number of aromatic carboxylic acids is 1. The van der Waals surface area contributed by atoms with Crippen LogP contribution in [0.3, 0.4) is 0 Å². The lowest BCUT2D eigenvalue weighted by molar-refractivity contribution is 0.0697. The molecule has 1 unspecified atom stereocenters. The lowest BCUT2D eigenvalue weighted by Crippen LogP contribution is -2.18. The fourth-order valence-corrected chi connectivity index (χ4v) is 2.48. The number of nitrogens with one attached hydrogen (secondary N) is 1. The van der Waals surface area contributed by atoms with E-state index in [0.29, 0.717) is 24.6 Å². The average Bonchev–Trinajstić information content (AvgIpc) is 2.64. The van der Waals surface area contributed by atoms with Crippen LogP contribution in [0.15, 0.2) is 42.5 Å². The highest BCUT2D eigenvalue weighted by Gasteiger charge is 2.11. The molecule has 1 atom stereocenters. The number of carboxylic acid groups (broad SMARTS) is 1. The highest BCUT2D eigenvalue weighted by molar-refractivity contribution is 5.87. The number of hydrogen-bond donors (Lipinski definition) is 2. The third kappa shape index (κ3) is 5.49. The number of hydrogen-bond acceptors (Lipinski definition) is 4. The van der Waals surface area contributed by atoms with Crippen LogP contribution in [-0.2, 0) is 6.54 Å². The van der Waals surface area contributed by atoms with Gasteiger partial charge in [-0.3, -0.25) is 0 Å². The predicted molar refractivity (Wildman–Crippen MR) is 102 cm³/mol. The molecule has 26 heavy (non-hydrogen) atoms. The van der Waals surface area contributed by atoms with Gasteiger partial charge in [0.25, 0.3) is 0 Å². The molecule has 0 amide bonds. The van der Waals surface area contributed by atoms with Gasteiger partial charge < -0.3 is 19.9 Å². The molecule has 0 bridgehead atoms. The van der Waals surface area contributed by atoms with Crippen molar-refractivity contribution in [2.24, 2.45) is 5.92 Å². The largest absolute Gasteiger partial charge is 0.493 e. The Balaban J connectivity index is 1.99. The van der Waals surface area contributed by atoms with Gasteiger partial charge in [0, 0.05) is 12.6 Å². The van der Waals surface area contributed by atoms with E-state index in [-0.39, 0.29) is 6.04 Å². The Morgan fingerprint density at radius 2 is 1.77 bits per heavy atom. The molecule has 2 rings (SSSR count). The smallest absolute Gasteiger partial charge is 0.335 e. The molecule has 2 N–H and O–H groups in total. The van der Waals surface area contributed by atoms with Gasteiger partial charge in [-0.25, -0.2) is 4.79 Å². The van der Waals surface area contributed by atoms with Crippen LogP contribution in [0.25, 0.3) is 0 Å². The van der Waals surface area contributed by atoms with Crippen molar-refractivity contribution < 1.29 is 19.4 Å². The van der Waals surface area contributed by atoms with Crippen molar-refractivity contribution in [3.8, 4) is 11.5 Å². The van der Waals surface area contributed by atoms with Gasteiger partial charge in [-0.1, -0.05) is 32.0 Å². The van der Waals surface area contributed by atoms with E-state index in [1.807, 2.05) is 30.3 Å². The molecular weight excluding hydrogens is 330 g/mol. The summed E-state index contributed by atoms with van der Waals surface area (Å²) in [5.74, 6) is 1.02.